The van der Waals surface area contributed by atoms with Crippen molar-refractivity contribution in [3.8, 4) is 17.2 Å². The molecule has 1 saturated heterocycles. The average Bonchev–Trinajstić information content (AvgIpc) is 3.11. The van der Waals surface area contributed by atoms with Crippen LogP contribution in [0.5, 0.6) is 17.2 Å². The minimum absolute atomic E-state index is 0.0382. The molecule has 0 spiro atoms. The van der Waals surface area contributed by atoms with Gasteiger partial charge in [-0.05, 0) is 75.4 Å². The highest BCUT2D eigenvalue weighted by Gasteiger charge is 2.46. The van der Waals surface area contributed by atoms with E-state index in [0.29, 0.717) is 47.9 Å². The molecule has 36 heavy (non-hydrogen) atoms. The number of carbonyl (C=O) groups is 2. The molecule has 1 N–H and O–H groups in total. The molecule has 1 atom stereocenters. The Hall–Kier alpha value is -3.78. The predicted octanol–water partition coefficient (Wildman–Crippen LogP) is 3.95. The van der Waals surface area contributed by atoms with E-state index < -0.39 is 17.7 Å². The number of ketones is 1. The summed E-state index contributed by atoms with van der Waals surface area (Å²) >= 11 is 0. The van der Waals surface area contributed by atoms with Crippen LogP contribution in [0.2, 0.25) is 0 Å². The monoisotopic (exact) mass is 494 g/mol. The maximum Gasteiger partial charge on any atom is 0.295 e. The number of aliphatic hydroxyl groups excluding tert-OH is 1. The Bertz CT molecular complexity index is 1170. The van der Waals surface area contributed by atoms with Crippen molar-refractivity contribution >= 4 is 17.4 Å². The third kappa shape index (κ3) is 5.54. The van der Waals surface area contributed by atoms with Gasteiger partial charge in [0, 0.05) is 12.1 Å². The summed E-state index contributed by atoms with van der Waals surface area (Å²) < 4.78 is 16.4. The summed E-state index contributed by atoms with van der Waals surface area (Å²) in [5.74, 6) is 0.0400. The first-order valence-electron chi connectivity index (χ1n) is 11.7. The van der Waals surface area contributed by atoms with E-state index in [1.807, 2.05) is 25.9 Å². The van der Waals surface area contributed by atoms with E-state index >= 15 is 0 Å². The lowest BCUT2D eigenvalue weighted by atomic mass is 9.94. The zero-order chi connectivity index (χ0) is 26.4. The van der Waals surface area contributed by atoms with Crippen molar-refractivity contribution in [2.75, 3.05) is 48.0 Å². The Morgan fingerprint density at radius 3 is 2.39 bits per heavy atom. The number of rotatable bonds is 11. The molecule has 1 amide bonds. The lowest BCUT2D eigenvalue weighted by Crippen LogP contribution is -2.32. The molecule has 0 aliphatic carbocycles. The Balaban J connectivity index is 2.12. The molecule has 0 unspecified atom stereocenters. The summed E-state index contributed by atoms with van der Waals surface area (Å²) in [7, 11) is 6.96. The molecule has 8 heteroatoms. The minimum Gasteiger partial charge on any atom is -0.507 e. The number of aryl methyl sites for hydroxylation is 1. The highest BCUT2D eigenvalue weighted by atomic mass is 16.5. The van der Waals surface area contributed by atoms with Crippen molar-refractivity contribution in [2.45, 2.75) is 19.4 Å². The third-order valence-corrected chi connectivity index (χ3v) is 6.07. The van der Waals surface area contributed by atoms with Crippen LogP contribution in [0.1, 0.15) is 29.2 Å². The molecule has 0 bridgehead atoms. The third-order valence-electron chi connectivity index (χ3n) is 6.07. The van der Waals surface area contributed by atoms with Gasteiger partial charge in [0.05, 0.1) is 25.8 Å². The van der Waals surface area contributed by atoms with E-state index in [1.165, 1.54) is 19.1 Å². The van der Waals surface area contributed by atoms with Gasteiger partial charge in [-0.1, -0.05) is 18.7 Å². The summed E-state index contributed by atoms with van der Waals surface area (Å²) in [4.78, 5) is 30.0. The van der Waals surface area contributed by atoms with Crippen molar-refractivity contribution in [1.29, 1.82) is 0 Å². The quantitative estimate of drug-likeness (QED) is 0.219. The van der Waals surface area contributed by atoms with E-state index in [4.69, 9.17) is 14.2 Å². The molecule has 1 aliphatic rings. The van der Waals surface area contributed by atoms with Crippen LogP contribution in [0.4, 0.5) is 0 Å². The maximum absolute atomic E-state index is 13.3. The molecule has 192 valence electrons. The van der Waals surface area contributed by atoms with E-state index in [1.54, 1.807) is 42.5 Å². The fourth-order valence-electron chi connectivity index (χ4n) is 4.30. The molecule has 0 saturated carbocycles. The van der Waals surface area contributed by atoms with Crippen LogP contribution in [-0.4, -0.2) is 74.6 Å². The topological polar surface area (TPSA) is 88.5 Å². The molecule has 3 rings (SSSR count). The number of carbonyl (C=O) groups excluding carboxylic acids is 2. The van der Waals surface area contributed by atoms with Crippen LogP contribution in [0.3, 0.4) is 0 Å². The Morgan fingerprint density at radius 2 is 1.78 bits per heavy atom. The number of amides is 1. The Kier molecular flexibility index (Phi) is 8.77. The molecule has 1 aliphatic heterocycles. The first-order valence-corrected chi connectivity index (χ1v) is 11.7. The second kappa shape index (κ2) is 11.8. The molecule has 8 nitrogen and oxygen atoms in total. The van der Waals surface area contributed by atoms with Gasteiger partial charge in [0.2, 0.25) is 0 Å². The highest BCUT2D eigenvalue weighted by Crippen LogP contribution is 2.42. The van der Waals surface area contributed by atoms with E-state index in [9.17, 15) is 14.7 Å². The number of hydrogen-bond donors (Lipinski definition) is 1. The number of Topliss-reactive ketones (excluding diaryl/α,β-unsaturated/α-hetero) is 1. The number of benzene rings is 2. The van der Waals surface area contributed by atoms with Crippen molar-refractivity contribution in [2.24, 2.45) is 0 Å². The summed E-state index contributed by atoms with van der Waals surface area (Å²) in [5, 5.41) is 11.3. The molecular formula is C28H34N2O6. The first-order chi connectivity index (χ1) is 17.2. The zero-order valence-corrected chi connectivity index (χ0v) is 21.5. The van der Waals surface area contributed by atoms with E-state index in [-0.39, 0.29) is 11.3 Å². The van der Waals surface area contributed by atoms with Gasteiger partial charge in [-0.3, -0.25) is 9.59 Å². The standard InChI is InChI=1S/C28H34N2O6/c1-7-15-36-21-11-10-20(16-18(21)2)26(31)24-25(19-9-12-22(34-5)23(17-19)35-6)30(28(33)27(24)32)14-8-13-29(3)4/h7,9-12,16-17,25,31H,1,8,13-15H2,2-6H3/t25-/m0/s1. The van der Waals surface area contributed by atoms with Gasteiger partial charge >= 0.3 is 0 Å². The molecule has 1 fully saturated rings. The van der Waals surface area contributed by atoms with E-state index in [2.05, 4.69) is 6.58 Å². The summed E-state index contributed by atoms with van der Waals surface area (Å²) in [6.07, 6.45) is 2.31. The molecule has 1 heterocycles. The largest absolute Gasteiger partial charge is 0.507 e. The van der Waals surface area contributed by atoms with Gasteiger partial charge in [0.25, 0.3) is 11.7 Å². The van der Waals surface area contributed by atoms with Gasteiger partial charge in [-0.25, -0.2) is 0 Å². The Morgan fingerprint density at radius 1 is 1.08 bits per heavy atom. The van der Waals surface area contributed by atoms with Gasteiger partial charge in [0.15, 0.2) is 11.5 Å². The number of methoxy groups -OCH3 is 2. The first kappa shape index (κ1) is 26.8. The van der Waals surface area contributed by atoms with Crippen molar-refractivity contribution in [3.05, 3.63) is 71.3 Å². The number of hydrogen-bond acceptors (Lipinski definition) is 7. The number of nitrogens with zero attached hydrogens (tertiary/aromatic N) is 2. The maximum atomic E-state index is 13.3. The smallest absolute Gasteiger partial charge is 0.295 e. The number of aliphatic hydroxyl groups is 1. The second-order valence-electron chi connectivity index (χ2n) is 8.84. The molecule has 0 radical (unpaired) electrons. The lowest BCUT2D eigenvalue weighted by molar-refractivity contribution is -0.139. The van der Waals surface area contributed by atoms with Gasteiger partial charge < -0.3 is 29.1 Å². The number of ether oxygens (including phenoxy) is 3. The van der Waals surface area contributed by atoms with Crippen molar-refractivity contribution in [3.63, 3.8) is 0 Å². The van der Waals surface area contributed by atoms with Gasteiger partial charge in [-0.2, -0.15) is 0 Å². The van der Waals surface area contributed by atoms with Crippen LogP contribution in [0.25, 0.3) is 5.76 Å². The second-order valence-corrected chi connectivity index (χ2v) is 8.84. The van der Waals surface area contributed by atoms with E-state index in [0.717, 1.165) is 12.1 Å². The zero-order valence-electron chi connectivity index (χ0n) is 21.5. The van der Waals surface area contributed by atoms with Crippen LogP contribution >= 0.6 is 0 Å². The van der Waals surface area contributed by atoms with Gasteiger partial charge in [-0.15, -0.1) is 0 Å². The fourth-order valence-corrected chi connectivity index (χ4v) is 4.30. The molecular weight excluding hydrogens is 460 g/mol. The predicted molar refractivity (Wildman–Crippen MR) is 139 cm³/mol. The lowest BCUT2D eigenvalue weighted by Gasteiger charge is -2.26. The van der Waals surface area contributed by atoms with Crippen LogP contribution in [0, 0.1) is 6.92 Å². The fraction of sp³-hybridized carbons (Fsp3) is 0.357. The van der Waals surface area contributed by atoms with Crippen molar-refractivity contribution in [1.82, 2.24) is 9.80 Å². The average molecular weight is 495 g/mol. The molecule has 2 aromatic rings. The van der Waals surface area contributed by atoms with Crippen molar-refractivity contribution < 1.29 is 28.9 Å². The highest BCUT2D eigenvalue weighted by molar-refractivity contribution is 6.46. The normalized spacial score (nSPS) is 16.9. The van der Waals surface area contributed by atoms with Crippen LogP contribution in [-0.2, 0) is 9.59 Å². The van der Waals surface area contributed by atoms with Gasteiger partial charge in [0.1, 0.15) is 18.1 Å². The van der Waals surface area contributed by atoms with Crippen LogP contribution in [0.15, 0.2) is 54.6 Å². The molecule has 2 aromatic carbocycles. The number of likely N-dealkylation sites (tertiary alicyclic amines) is 1. The van der Waals surface area contributed by atoms with Crippen LogP contribution < -0.4 is 14.2 Å². The summed E-state index contributed by atoms with van der Waals surface area (Å²) in [6, 6.07) is 9.60. The molecule has 0 aromatic heterocycles. The SMILES string of the molecule is C=CCOc1ccc(C(O)=C2C(=O)C(=O)N(CCCN(C)C)[C@H]2c2ccc(OC)c(OC)c2)cc1C. The Labute approximate surface area is 212 Å². The summed E-state index contributed by atoms with van der Waals surface area (Å²) in [5.41, 5.74) is 1.89. The minimum atomic E-state index is -0.774. The summed E-state index contributed by atoms with van der Waals surface area (Å²) in [6.45, 7) is 6.95.